The summed E-state index contributed by atoms with van der Waals surface area (Å²) in [5.41, 5.74) is 6.73. The second-order valence-corrected chi connectivity index (χ2v) is 11.1. The summed E-state index contributed by atoms with van der Waals surface area (Å²) in [6.45, 7) is -0.153. The van der Waals surface area contributed by atoms with Gasteiger partial charge in [0.05, 0.1) is 17.5 Å². The average Bonchev–Trinajstić information content (AvgIpc) is 3.83. The monoisotopic (exact) mass is 634 g/mol. The number of hydrogen-bond donors (Lipinski definition) is 1. The third-order valence-electron chi connectivity index (χ3n) is 8.03. The van der Waals surface area contributed by atoms with Gasteiger partial charge >= 0.3 is 5.97 Å². The van der Waals surface area contributed by atoms with E-state index in [0.717, 1.165) is 23.8 Å². The molecule has 1 saturated carbocycles. The highest BCUT2D eigenvalue weighted by Gasteiger charge is 2.54. The van der Waals surface area contributed by atoms with Gasteiger partial charge in [-0.25, -0.2) is 17.6 Å². The lowest BCUT2D eigenvalue weighted by Gasteiger charge is -2.36. The van der Waals surface area contributed by atoms with Gasteiger partial charge in [0.25, 0.3) is 0 Å². The van der Waals surface area contributed by atoms with Crippen LogP contribution in [0.15, 0.2) is 54.6 Å². The minimum absolute atomic E-state index is 0.0501. The Labute approximate surface area is 255 Å². The molecular formula is C32H28ClF5N2O4. The van der Waals surface area contributed by atoms with Gasteiger partial charge in [0, 0.05) is 18.7 Å². The van der Waals surface area contributed by atoms with Crippen molar-refractivity contribution in [3.63, 3.8) is 0 Å². The molecule has 1 heterocycles. The molecule has 0 radical (unpaired) electrons. The molecule has 44 heavy (non-hydrogen) atoms. The van der Waals surface area contributed by atoms with Crippen molar-refractivity contribution in [1.29, 1.82) is 0 Å². The van der Waals surface area contributed by atoms with Gasteiger partial charge in [0.2, 0.25) is 11.7 Å². The van der Waals surface area contributed by atoms with Gasteiger partial charge in [0.1, 0.15) is 23.8 Å². The number of nitrogens with zero attached hydrogens (tertiary/aromatic N) is 1. The lowest BCUT2D eigenvalue weighted by atomic mass is 9.87. The maximum absolute atomic E-state index is 14.3. The molecule has 1 aliphatic carbocycles. The number of esters is 1. The molecule has 1 fully saturated rings. The van der Waals surface area contributed by atoms with Gasteiger partial charge in [-0.05, 0) is 66.6 Å². The number of hydrogen-bond acceptors (Lipinski definition) is 5. The zero-order chi connectivity index (χ0) is 31.6. The Morgan fingerprint density at radius 3 is 2.27 bits per heavy atom. The van der Waals surface area contributed by atoms with Gasteiger partial charge < -0.3 is 15.2 Å². The second kappa shape index (κ2) is 13.0. The molecule has 2 aliphatic rings. The molecule has 12 heteroatoms. The minimum Gasteiger partial charge on any atom is -0.488 e. The summed E-state index contributed by atoms with van der Waals surface area (Å²) in [6.07, 6.45) is 3.82. The number of rotatable bonds is 11. The van der Waals surface area contributed by atoms with Crippen molar-refractivity contribution in [2.24, 2.45) is 11.7 Å². The van der Waals surface area contributed by atoms with E-state index in [0.29, 0.717) is 49.4 Å². The van der Waals surface area contributed by atoms with Gasteiger partial charge in [-0.2, -0.15) is 4.39 Å². The Morgan fingerprint density at radius 2 is 1.59 bits per heavy atom. The first-order valence-corrected chi connectivity index (χ1v) is 14.3. The van der Waals surface area contributed by atoms with Gasteiger partial charge in [-0.3, -0.25) is 14.5 Å². The summed E-state index contributed by atoms with van der Waals surface area (Å²) in [6, 6.07) is 10.5. The number of primary amides is 1. The number of ether oxygens (including phenoxy) is 2. The first kappa shape index (κ1) is 31.5. The van der Waals surface area contributed by atoms with Crippen LogP contribution < -0.4 is 10.5 Å². The molecule has 6 nitrogen and oxygen atoms in total. The van der Waals surface area contributed by atoms with E-state index in [-0.39, 0.29) is 18.7 Å². The number of amides is 1. The van der Waals surface area contributed by atoms with Crippen LogP contribution in [0.4, 0.5) is 22.0 Å². The van der Waals surface area contributed by atoms with Crippen molar-refractivity contribution in [1.82, 2.24) is 4.90 Å². The number of benzene rings is 3. The van der Waals surface area contributed by atoms with E-state index < -0.39 is 69.8 Å². The fourth-order valence-electron chi connectivity index (χ4n) is 5.35. The van der Waals surface area contributed by atoms with Crippen LogP contribution >= 0.6 is 11.6 Å². The first-order valence-electron chi connectivity index (χ1n) is 13.9. The molecule has 3 aromatic rings. The third kappa shape index (κ3) is 6.44. The molecule has 1 aliphatic heterocycles. The summed E-state index contributed by atoms with van der Waals surface area (Å²) in [5, 5.41) is -0.475. The van der Waals surface area contributed by atoms with Gasteiger partial charge in [0.15, 0.2) is 17.4 Å². The maximum Gasteiger partial charge on any atom is 0.315 e. The summed E-state index contributed by atoms with van der Waals surface area (Å²) < 4.78 is 79.7. The molecule has 5 rings (SSSR count). The normalized spacial score (nSPS) is 17.6. The Bertz CT molecular complexity index is 1610. The molecule has 0 spiro atoms. The number of halogens is 6. The molecule has 2 N–H and O–H groups in total. The highest BCUT2D eigenvalue weighted by molar-refractivity contribution is 6.31. The number of aryl methyl sites for hydroxylation is 1. The minimum atomic E-state index is -1.38. The average molecular weight is 635 g/mol. The van der Waals surface area contributed by atoms with E-state index in [9.17, 15) is 31.5 Å². The first-order chi connectivity index (χ1) is 21.0. The molecule has 0 bridgehead atoms. The van der Waals surface area contributed by atoms with Gasteiger partial charge in [-0.1, -0.05) is 41.9 Å². The van der Waals surface area contributed by atoms with E-state index in [1.165, 1.54) is 0 Å². The summed E-state index contributed by atoms with van der Waals surface area (Å²) in [4.78, 5) is 27.4. The third-order valence-corrected chi connectivity index (χ3v) is 8.43. The molecule has 0 aromatic heterocycles. The predicted molar refractivity (Wildman–Crippen MR) is 152 cm³/mol. The lowest BCUT2D eigenvalue weighted by Crippen LogP contribution is -2.51. The molecule has 232 valence electrons. The van der Waals surface area contributed by atoms with Crippen LogP contribution in [0.2, 0.25) is 5.02 Å². The largest absolute Gasteiger partial charge is 0.488 e. The van der Waals surface area contributed by atoms with Crippen LogP contribution in [0.1, 0.15) is 36.0 Å². The summed E-state index contributed by atoms with van der Waals surface area (Å²) in [7, 11) is 0. The fourth-order valence-corrected chi connectivity index (χ4v) is 5.56. The zero-order valence-electron chi connectivity index (χ0n) is 23.4. The van der Waals surface area contributed by atoms with Gasteiger partial charge in [-0.15, -0.1) is 0 Å². The van der Waals surface area contributed by atoms with Crippen molar-refractivity contribution in [2.45, 2.75) is 37.8 Å². The van der Waals surface area contributed by atoms with Crippen LogP contribution in [0, 0.1) is 35.0 Å². The van der Waals surface area contributed by atoms with Crippen molar-refractivity contribution in [2.75, 3.05) is 19.7 Å². The Morgan fingerprint density at radius 1 is 0.932 bits per heavy atom. The fraction of sp³-hybridized carbons (Fsp3) is 0.312. The van der Waals surface area contributed by atoms with E-state index in [1.807, 2.05) is 23.1 Å². The maximum atomic E-state index is 14.3. The topological polar surface area (TPSA) is 81.9 Å². The summed E-state index contributed by atoms with van der Waals surface area (Å²) in [5.74, 6) is -8.06. The predicted octanol–water partition coefficient (Wildman–Crippen LogP) is 6.12. The Balaban J connectivity index is 1.28. The van der Waals surface area contributed by atoms with E-state index in [2.05, 4.69) is 0 Å². The Hall–Kier alpha value is -3.96. The van der Waals surface area contributed by atoms with Crippen LogP contribution in [0.25, 0.3) is 5.57 Å². The quantitative estimate of drug-likeness (QED) is 0.119. The SMILES string of the molecule is NC(=O)C1(N2CC=C(c3ccc(CCCOc4c(F)ccc(F)c4F)cc3)C(C(=O)OCc3c(F)ccc(F)c3Cl)C2)CC1. The van der Waals surface area contributed by atoms with Crippen LogP contribution in [0.3, 0.4) is 0 Å². The summed E-state index contributed by atoms with van der Waals surface area (Å²) >= 11 is 5.90. The molecule has 1 amide bonds. The van der Waals surface area contributed by atoms with Crippen molar-refractivity contribution >= 4 is 29.1 Å². The van der Waals surface area contributed by atoms with Crippen LogP contribution in [-0.2, 0) is 27.4 Å². The molecule has 1 atom stereocenters. The number of carbonyl (C=O) groups is 2. The van der Waals surface area contributed by atoms with E-state index in [1.54, 1.807) is 12.1 Å². The van der Waals surface area contributed by atoms with E-state index >= 15 is 0 Å². The highest BCUT2D eigenvalue weighted by atomic mass is 35.5. The van der Waals surface area contributed by atoms with Crippen molar-refractivity contribution in [3.05, 3.63) is 105 Å². The lowest BCUT2D eigenvalue weighted by molar-refractivity contribution is -0.149. The second-order valence-electron chi connectivity index (χ2n) is 10.8. The standard InChI is InChI=1S/C32H28ClF5N2O4/c33-27-22(23(34)7-8-24(27)35)17-44-30(41)21-16-40(32(12-13-32)31(39)42)14-11-20(21)19-5-3-18(4-6-19)2-1-15-43-29-26(37)10-9-25(36)28(29)38/h3-11,21H,1-2,12-17H2,(H2,39,42). The molecule has 0 saturated heterocycles. The number of nitrogens with two attached hydrogens (primary N) is 1. The molecular weight excluding hydrogens is 607 g/mol. The molecule has 3 aromatic carbocycles. The Kier molecular flexibility index (Phi) is 9.26. The van der Waals surface area contributed by atoms with Crippen molar-refractivity contribution in [3.8, 4) is 5.75 Å². The van der Waals surface area contributed by atoms with Crippen molar-refractivity contribution < 1.29 is 41.0 Å². The number of carbonyl (C=O) groups excluding carboxylic acids is 2. The van der Waals surface area contributed by atoms with Crippen LogP contribution in [0.5, 0.6) is 5.75 Å². The smallest absolute Gasteiger partial charge is 0.315 e. The molecule has 1 unspecified atom stereocenters. The highest BCUT2D eigenvalue weighted by Crippen LogP contribution is 2.44. The van der Waals surface area contributed by atoms with E-state index in [4.69, 9.17) is 26.8 Å². The zero-order valence-corrected chi connectivity index (χ0v) is 24.1. The van der Waals surface area contributed by atoms with Crippen LogP contribution in [-0.4, -0.2) is 42.0 Å².